The molecular formula is C12H21NO5. The number of methoxy groups -OCH3 is 1. The number of hydrogen-bond acceptors (Lipinski definition) is 4. The summed E-state index contributed by atoms with van der Waals surface area (Å²) in [4.78, 5) is 24.6. The maximum absolute atomic E-state index is 12.0. The first-order valence-electron chi connectivity index (χ1n) is 5.87. The van der Waals surface area contributed by atoms with Crippen molar-refractivity contribution in [3.8, 4) is 0 Å². The summed E-state index contributed by atoms with van der Waals surface area (Å²) in [7, 11) is 1.51. The topological polar surface area (TPSA) is 76.1 Å². The van der Waals surface area contributed by atoms with Gasteiger partial charge >= 0.3 is 12.1 Å². The molecule has 104 valence electrons. The molecule has 6 nitrogen and oxygen atoms in total. The average molecular weight is 259 g/mol. The monoisotopic (exact) mass is 259 g/mol. The fourth-order valence-electron chi connectivity index (χ4n) is 1.98. The summed E-state index contributed by atoms with van der Waals surface area (Å²) >= 11 is 0. The van der Waals surface area contributed by atoms with Crippen LogP contribution >= 0.6 is 0 Å². The summed E-state index contributed by atoms with van der Waals surface area (Å²) < 4.78 is 10.4. The highest BCUT2D eigenvalue weighted by atomic mass is 16.6. The van der Waals surface area contributed by atoms with Crippen molar-refractivity contribution < 1.29 is 24.2 Å². The molecule has 0 unspecified atom stereocenters. The van der Waals surface area contributed by atoms with Gasteiger partial charge in [0, 0.05) is 13.5 Å². The molecule has 1 saturated heterocycles. The van der Waals surface area contributed by atoms with Gasteiger partial charge in [0.1, 0.15) is 11.1 Å². The van der Waals surface area contributed by atoms with Crippen molar-refractivity contribution in [3.05, 3.63) is 0 Å². The van der Waals surface area contributed by atoms with Gasteiger partial charge in [-0.2, -0.15) is 0 Å². The second kappa shape index (κ2) is 4.76. The fourth-order valence-corrected chi connectivity index (χ4v) is 1.98. The Morgan fingerprint density at radius 1 is 1.39 bits per heavy atom. The van der Waals surface area contributed by atoms with Crippen LogP contribution in [0.25, 0.3) is 0 Å². The van der Waals surface area contributed by atoms with Crippen LogP contribution in [-0.2, 0) is 14.3 Å². The third-order valence-electron chi connectivity index (χ3n) is 3.02. The van der Waals surface area contributed by atoms with E-state index < -0.39 is 23.2 Å². The summed E-state index contributed by atoms with van der Waals surface area (Å²) in [6, 6.07) is 0. The molecule has 0 saturated carbocycles. The van der Waals surface area contributed by atoms with Crippen LogP contribution in [0.15, 0.2) is 0 Å². The number of rotatable bonds is 2. The first kappa shape index (κ1) is 14.8. The SMILES string of the molecule is CO[C@@H]1CN(C(=O)OC(C)(C)C)[C@](C)(C(=O)O)C1. The number of nitrogens with zero attached hydrogens (tertiary/aromatic N) is 1. The maximum Gasteiger partial charge on any atom is 0.411 e. The van der Waals surface area contributed by atoms with E-state index in [1.54, 1.807) is 20.8 Å². The lowest BCUT2D eigenvalue weighted by molar-refractivity contribution is -0.148. The molecule has 1 aliphatic heterocycles. The van der Waals surface area contributed by atoms with Crippen molar-refractivity contribution in [2.75, 3.05) is 13.7 Å². The second-order valence-corrected chi connectivity index (χ2v) is 5.73. The molecule has 1 N–H and O–H groups in total. The van der Waals surface area contributed by atoms with Gasteiger partial charge in [0.2, 0.25) is 0 Å². The first-order valence-corrected chi connectivity index (χ1v) is 5.87. The highest BCUT2D eigenvalue weighted by Crippen LogP contribution is 2.32. The van der Waals surface area contributed by atoms with Crippen molar-refractivity contribution in [3.63, 3.8) is 0 Å². The molecule has 0 aromatic rings. The highest BCUT2D eigenvalue weighted by molar-refractivity contribution is 5.85. The number of carboxylic acids is 1. The van der Waals surface area contributed by atoms with Crippen LogP contribution in [0.4, 0.5) is 4.79 Å². The van der Waals surface area contributed by atoms with Gasteiger partial charge in [-0.05, 0) is 27.7 Å². The Morgan fingerprint density at radius 3 is 2.33 bits per heavy atom. The Morgan fingerprint density at radius 2 is 1.94 bits per heavy atom. The van der Waals surface area contributed by atoms with Gasteiger partial charge in [0.15, 0.2) is 0 Å². The molecule has 0 aromatic heterocycles. The van der Waals surface area contributed by atoms with Crippen LogP contribution in [0.1, 0.15) is 34.1 Å². The first-order chi connectivity index (χ1) is 8.10. The minimum atomic E-state index is -1.27. The van der Waals surface area contributed by atoms with E-state index in [1.165, 1.54) is 18.9 Å². The van der Waals surface area contributed by atoms with E-state index in [4.69, 9.17) is 9.47 Å². The summed E-state index contributed by atoms with van der Waals surface area (Å²) in [6.07, 6.45) is -0.636. The van der Waals surface area contributed by atoms with Crippen molar-refractivity contribution in [1.82, 2.24) is 4.90 Å². The van der Waals surface area contributed by atoms with Crippen molar-refractivity contribution in [1.29, 1.82) is 0 Å². The van der Waals surface area contributed by atoms with Crippen LogP contribution < -0.4 is 0 Å². The zero-order valence-corrected chi connectivity index (χ0v) is 11.5. The molecule has 1 amide bonds. The minimum Gasteiger partial charge on any atom is -0.480 e. The third kappa shape index (κ3) is 2.93. The van der Waals surface area contributed by atoms with Gasteiger partial charge in [-0.3, -0.25) is 4.90 Å². The Labute approximate surface area is 107 Å². The van der Waals surface area contributed by atoms with E-state index >= 15 is 0 Å². The van der Waals surface area contributed by atoms with E-state index in [0.29, 0.717) is 0 Å². The summed E-state index contributed by atoms with van der Waals surface area (Å²) in [6.45, 7) is 6.97. The summed E-state index contributed by atoms with van der Waals surface area (Å²) in [5.74, 6) is -1.05. The number of carbonyl (C=O) groups is 2. The molecule has 0 spiro atoms. The standard InChI is InChI=1S/C12H21NO5/c1-11(2,3)18-10(16)13-7-8(17-5)6-12(13,4)9(14)15/h8H,6-7H2,1-5H3,(H,14,15)/t8-,12-/m0/s1. The Kier molecular flexibility index (Phi) is 3.90. The number of carboxylic acid groups (broad SMARTS) is 1. The molecule has 1 fully saturated rings. The van der Waals surface area contributed by atoms with Gasteiger partial charge in [-0.1, -0.05) is 0 Å². The lowest BCUT2D eigenvalue weighted by Crippen LogP contribution is -2.52. The number of aliphatic carboxylic acids is 1. The predicted molar refractivity (Wildman–Crippen MR) is 64.4 cm³/mol. The molecule has 0 aliphatic carbocycles. The molecule has 2 atom stereocenters. The normalized spacial score (nSPS) is 28.3. The highest BCUT2D eigenvalue weighted by Gasteiger charge is 2.51. The van der Waals surface area contributed by atoms with Crippen LogP contribution in [0.2, 0.25) is 0 Å². The average Bonchev–Trinajstić information content (AvgIpc) is 2.54. The number of hydrogen-bond donors (Lipinski definition) is 1. The third-order valence-corrected chi connectivity index (χ3v) is 3.02. The van der Waals surface area contributed by atoms with Crippen LogP contribution in [0.3, 0.4) is 0 Å². The van der Waals surface area contributed by atoms with Crippen molar-refractivity contribution in [2.45, 2.75) is 51.4 Å². The largest absolute Gasteiger partial charge is 0.480 e. The summed E-state index contributed by atoms with van der Waals surface area (Å²) in [5.41, 5.74) is -1.93. The van der Waals surface area contributed by atoms with Gasteiger partial charge < -0.3 is 14.6 Å². The molecule has 0 bridgehead atoms. The van der Waals surface area contributed by atoms with Gasteiger partial charge in [0.05, 0.1) is 12.6 Å². The lowest BCUT2D eigenvalue weighted by Gasteiger charge is -2.32. The molecule has 18 heavy (non-hydrogen) atoms. The number of likely N-dealkylation sites (tertiary alicyclic amines) is 1. The molecule has 1 rings (SSSR count). The van der Waals surface area contributed by atoms with Crippen molar-refractivity contribution >= 4 is 12.1 Å². The molecule has 1 aliphatic rings. The molecule has 1 heterocycles. The zero-order valence-electron chi connectivity index (χ0n) is 11.5. The predicted octanol–water partition coefficient (Wildman–Crippen LogP) is 1.49. The van der Waals surface area contributed by atoms with E-state index in [9.17, 15) is 14.7 Å². The Hall–Kier alpha value is -1.30. The lowest BCUT2D eigenvalue weighted by atomic mass is 9.99. The number of carbonyl (C=O) groups excluding carboxylic acids is 1. The Balaban J connectivity index is 2.91. The van der Waals surface area contributed by atoms with Crippen LogP contribution in [0, 0.1) is 0 Å². The van der Waals surface area contributed by atoms with E-state index in [1.807, 2.05) is 0 Å². The second-order valence-electron chi connectivity index (χ2n) is 5.73. The Bertz CT molecular complexity index is 349. The van der Waals surface area contributed by atoms with Crippen molar-refractivity contribution in [2.24, 2.45) is 0 Å². The van der Waals surface area contributed by atoms with E-state index in [2.05, 4.69) is 0 Å². The molecule has 0 radical (unpaired) electrons. The molecule has 6 heteroatoms. The van der Waals surface area contributed by atoms with Crippen LogP contribution in [0.5, 0.6) is 0 Å². The number of amides is 1. The van der Waals surface area contributed by atoms with E-state index in [0.717, 1.165) is 0 Å². The molecule has 0 aromatic carbocycles. The van der Waals surface area contributed by atoms with E-state index in [-0.39, 0.29) is 19.1 Å². The van der Waals surface area contributed by atoms with Crippen LogP contribution in [-0.4, -0.2) is 53.0 Å². The van der Waals surface area contributed by atoms with Gasteiger partial charge in [-0.15, -0.1) is 0 Å². The zero-order chi connectivity index (χ0) is 14.1. The quantitative estimate of drug-likeness (QED) is 0.813. The maximum atomic E-state index is 12.0. The number of ether oxygens (including phenoxy) is 2. The smallest absolute Gasteiger partial charge is 0.411 e. The molecular weight excluding hydrogens is 238 g/mol. The van der Waals surface area contributed by atoms with Gasteiger partial charge in [-0.25, -0.2) is 9.59 Å². The fraction of sp³-hybridized carbons (Fsp3) is 0.833. The minimum absolute atomic E-state index is 0.230. The van der Waals surface area contributed by atoms with Gasteiger partial charge in [0.25, 0.3) is 0 Å². The summed E-state index contributed by atoms with van der Waals surface area (Å²) in [5, 5.41) is 9.30.